The third kappa shape index (κ3) is 3.20. The van der Waals surface area contributed by atoms with Crippen molar-refractivity contribution in [3.05, 3.63) is 63.6 Å². The molecule has 0 spiro atoms. The molecule has 7 heteroatoms. The van der Waals surface area contributed by atoms with Gasteiger partial charge in [0.05, 0.1) is 12.4 Å². The average molecular weight is 349 g/mol. The zero-order chi connectivity index (χ0) is 17.6. The highest BCUT2D eigenvalue weighted by Crippen LogP contribution is 2.40. The van der Waals surface area contributed by atoms with Gasteiger partial charge in [0.25, 0.3) is 5.56 Å². The van der Waals surface area contributed by atoms with Crippen LogP contribution in [0.4, 0.5) is 13.2 Å². The first-order valence-electron chi connectivity index (χ1n) is 8.42. The molecule has 0 bridgehead atoms. The van der Waals surface area contributed by atoms with Crippen LogP contribution in [0.2, 0.25) is 0 Å². The van der Waals surface area contributed by atoms with E-state index in [2.05, 4.69) is 5.10 Å². The fourth-order valence-electron chi connectivity index (χ4n) is 3.27. The molecule has 0 amide bonds. The van der Waals surface area contributed by atoms with Crippen molar-refractivity contribution in [1.29, 1.82) is 0 Å². The topological polar surface area (TPSA) is 38.1 Å². The largest absolute Gasteiger partial charge is 0.421 e. The summed E-state index contributed by atoms with van der Waals surface area (Å²) in [5, 5.41) is 4.22. The van der Waals surface area contributed by atoms with Crippen molar-refractivity contribution < 1.29 is 13.2 Å². The van der Waals surface area contributed by atoms with E-state index in [9.17, 15) is 18.0 Å². The first-order chi connectivity index (χ1) is 11.9. The maximum absolute atomic E-state index is 13.2. The minimum atomic E-state index is -4.65. The Bertz CT molecular complexity index is 828. The first-order valence-corrected chi connectivity index (χ1v) is 8.42. The molecule has 0 N–H and O–H groups in total. The number of rotatable bonds is 4. The average Bonchev–Trinajstić information content (AvgIpc) is 3.37. The molecule has 1 unspecified atom stereocenters. The monoisotopic (exact) mass is 349 g/mol. The second-order valence-corrected chi connectivity index (χ2v) is 6.73. The van der Waals surface area contributed by atoms with Gasteiger partial charge in [-0.05, 0) is 30.9 Å². The minimum absolute atomic E-state index is 0.0502. The van der Waals surface area contributed by atoms with Crippen LogP contribution in [0.15, 0.2) is 41.2 Å². The Morgan fingerprint density at radius 1 is 1.12 bits per heavy atom. The number of alkyl halides is 3. The van der Waals surface area contributed by atoms with Crippen molar-refractivity contribution in [3.63, 3.8) is 0 Å². The first kappa shape index (κ1) is 16.3. The molecule has 25 heavy (non-hydrogen) atoms. The molecule has 0 radical (unpaired) electrons. The Morgan fingerprint density at radius 3 is 2.40 bits per heavy atom. The minimum Gasteiger partial charge on any atom is -0.277 e. The van der Waals surface area contributed by atoms with Crippen molar-refractivity contribution >= 4 is 0 Å². The van der Waals surface area contributed by atoms with Crippen LogP contribution in [0, 0.1) is 0 Å². The summed E-state index contributed by atoms with van der Waals surface area (Å²) >= 11 is 0. The molecule has 1 aliphatic carbocycles. The number of hydrogen-bond acceptors (Lipinski definition) is 3. The lowest BCUT2D eigenvalue weighted by molar-refractivity contribution is -0.139. The number of nitrogens with zero attached hydrogens (tertiary/aromatic N) is 3. The summed E-state index contributed by atoms with van der Waals surface area (Å²) in [7, 11) is 0. The second kappa shape index (κ2) is 5.98. The van der Waals surface area contributed by atoms with E-state index < -0.39 is 17.3 Å². The lowest BCUT2D eigenvalue weighted by atomic mass is 9.95. The fraction of sp³-hybridized carbons (Fsp3) is 0.444. The van der Waals surface area contributed by atoms with Crippen LogP contribution in [0.3, 0.4) is 0 Å². The van der Waals surface area contributed by atoms with Crippen molar-refractivity contribution in [1.82, 2.24) is 14.7 Å². The number of hydrogen-bond donors (Lipinski definition) is 0. The van der Waals surface area contributed by atoms with E-state index in [4.69, 9.17) is 0 Å². The predicted molar refractivity (Wildman–Crippen MR) is 86.0 cm³/mol. The van der Waals surface area contributed by atoms with Crippen molar-refractivity contribution in [2.75, 3.05) is 6.54 Å². The van der Waals surface area contributed by atoms with Gasteiger partial charge in [0.1, 0.15) is 5.56 Å². The van der Waals surface area contributed by atoms with Gasteiger partial charge in [-0.1, -0.05) is 30.3 Å². The lowest BCUT2D eigenvalue weighted by Gasteiger charge is -2.41. The normalized spacial score (nSPS) is 21.2. The SMILES string of the molecule is O=c1c(C(F)(F)F)cc(C2CC2)nn1CN1CCC1c1ccccc1. The van der Waals surface area contributed by atoms with Gasteiger partial charge in [0.2, 0.25) is 0 Å². The summed E-state index contributed by atoms with van der Waals surface area (Å²) in [4.78, 5) is 14.3. The van der Waals surface area contributed by atoms with Crippen LogP contribution < -0.4 is 5.56 Å². The van der Waals surface area contributed by atoms with E-state index in [0.29, 0.717) is 5.69 Å². The predicted octanol–water partition coefficient (Wildman–Crippen LogP) is 3.54. The quantitative estimate of drug-likeness (QED) is 0.847. The summed E-state index contributed by atoms with van der Waals surface area (Å²) in [5.41, 5.74) is -0.684. The number of aromatic nitrogens is 2. The zero-order valence-electron chi connectivity index (χ0n) is 13.5. The molecule has 1 aliphatic heterocycles. The van der Waals surface area contributed by atoms with Crippen molar-refractivity contribution in [3.8, 4) is 0 Å². The van der Waals surface area contributed by atoms with Gasteiger partial charge in [-0.25, -0.2) is 4.68 Å². The van der Waals surface area contributed by atoms with Crippen LogP contribution in [0.1, 0.15) is 48.0 Å². The molecule has 132 valence electrons. The van der Waals surface area contributed by atoms with Crippen LogP contribution in [-0.2, 0) is 12.8 Å². The molecule has 2 aromatic rings. The van der Waals surface area contributed by atoms with E-state index in [1.165, 1.54) is 0 Å². The van der Waals surface area contributed by atoms with Gasteiger partial charge in [-0.2, -0.15) is 18.3 Å². The van der Waals surface area contributed by atoms with E-state index >= 15 is 0 Å². The summed E-state index contributed by atoms with van der Waals surface area (Å²) < 4.78 is 40.6. The maximum atomic E-state index is 13.2. The Kier molecular flexibility index (Phi) is 3.91. The summed E-state index contributed by atoms with van der Waals surface area (Å²) in [6.07, 6.45) is -2.07. The molecule has 1 saturated heterocycles. The highest BCUT2D eigenvalue weighted by Gasteiger charge is 2.38. The molecule has 1 aromatic carbocycles. The molecular formula is C18H18F3N3O. The second-order valence-electron chi connectivity index (χ2n) is 6.73. The zero-order valence-corrected chi connectivity index (χ0v) is 13.5. The molecule has 2 fully saturated rings. The van der Waals surface area contributed by atoms with Gasteiger partial charge in [-0.15, -0.1) is 0 Å². The third-order valence-electron chi connectivity index (χ3n) is 4.92. The molecule has 1 atom stereocenters. The summed E-state index contributed by atoms with van der Waals surface area (Å²) in [5.74, 6) is 0.0502. The Morgan fingerprint density at radius 2 is 1.84 bits per heavy atom. The van der Waals surface area contributed by atoms with E-state index in [1.807, 2.05) is 35.2 Å². The molecule has 2 heterocycles. The number of likely N-dealkylation sites (tertiary alicyclic amines) is 1. The summed E-state index contributed by atoms with van der Waals surface area (Å²) in [6, 6.07) is 10.8. The van der Waals surface area contributed by atoms with Crippen molar-refractivity contribution in [2.24, 2.45) is 0 Å². The fourth-order valence-corrected chi connectivity index (χ4v) is 3.27. The Labute approximate surface area is 142 Å². The van der Waals surface area contributed by atoms with Gasteiger partial charge in [-0.3, -0.25) is 9.69 Å². The van der Waals surface area contributed by atoms with Crippen LogP contribution in [-0.4, -0.2) is 21.2 Å². The smallest absolute Gasteiger partial charge is 0.277 e. The van der Waals surface area contributed by atoms with Gasteiger partial charge < -0.3 is 0 Å². The molecule has 1 aromatic heterocycles. The summed E-state index contributed by atoms with van der Waals surface area (Å²) in [6.45, 7) is 0.824. The molecule has 4 nitrogen and oxygen atoms in total. The van der Waals surface area contributed by atoms with Crippen LogP contribution in [0.5, 0.6) is 0 Å². The molecule has 4 rings (SSSR count). The Hall–Kier alpha value is -2.15. The van der Waals surface area contributed by atoms with E-state index in [1.54, 1.807) is 0 Å². The van der Waals surface area contributed by atoms with Crippen LogP contribution in [0.25, 0.3) is 0 Å². The van der Waals surface area contributed by atoms with E-state index in [0.717, 1.165) is 42.1 Å². The van der Waals surface area contributed by atoms with Gasteiger partial charge in [0.15, 0.2) is 0 Å². The van der Waals surface area contributed by atoms with Gasteiger partial charge in [0, 0.05) is 18.5 Å². The van der Waals surface area contributed by atoms with E-state index in [-0.39, 0.29) is 18.6 Å². The lowest BCUT2D eigenvalue weighted by Crippen LogP contribution is -2.45. The standard InChI is InChI=1S/C18H18F3N3O/c19-18(20,21)14-10-15(12-6-7-12)22-24(17(14)25)11-23-9-8-16(23)13-4-2-1-3-5-13/h1-5,10,12,16H,6-9,11H2. The highest BCUT2D eigenvalue weighted by atomic mass is 19.4. The van der Waals surface area contributed by atoms with Gasteiger partial charge >= 0.3 is 6.18 Å². The molecule has 2 aliphatic rings. The Balaban J connectivity index is 1.64. The molecular weight excluding hydrogens is 331 g/mol. The number of halogens is 3. The van der Waals surface area contributed by atoms with Crippen LogP contribution >= 0.6 is 0 Å². The third-order valence-corrected chi connectivity index (χ3v) is 4.92. The van der Waals surface area contributed by atoms with Crippen molar-refractivity contribution in [2.45, 2.75) is 44.1 Å². The molecule has 1 saturated carbocycles. The highest BCUT2D eigenvalue weighted by molar-refractivity contribution is 5.23. The maximum Gasteiger partial charge on any atom is 0.421 e. The number of benzene rings is 1.